The van der Waals surface area contributed by atoms with Gasteiger partial charge in [-0.05, 0) is 33.3 Å². The Balaban J connectivity index is 4.43. The smallest absolute Gasteiger partial charge is 0.0276 e. The predicted octanol–water partition coefficient (Wildman–Crippen LogP) is 4.03. The first kappa shape index (κ1) is 11.0. The summed E-state index contributed by atoms with van der Waals surface area (Å²) in [6.07, 6.45) is 8.35. The van der Waals surface area contributed by atoms with Crippen LogP contribution >= 0.6 is 0 Å². The molecule has 0 atom stereocenters. The summed E-state index contributed by atoms with van der Waals surface area (Å²) >= 11 is 0. The average Bonchev–Trinajstić information content (AvgIpc) is 2.04. The molecule has 0 amide bonds. The fourth-order valence-corrected chi connectivity index (χ4v) is 0.802. The molecular weight excluding hydrogens is 144 g/mol. The fourth-order valence-electron chi connectivity index (χ4n) is 0.802. The molecule has 0 radical (unpaired) electrons. The summed E-state index contributed by atoms with van der Waals surface area (Å²) in [5, 5.41) is 0. The summed E-state index contributed by atoms with van der Waals surface area (Å²) in [7, 11) is 0. The van der Waals surface area contributed by atoms with Gasteiger partial charge in [0.15, 0.2) is 0 Å². The van der Waals surface area contributed by atoms with Crippen LogP contribution in [-0.4, -0.2) is 0 Å². The van der Waals surface area contributed by atoms with E-state index in [2.05, 4.69) is 37.8 Å². The Labute approximate surface area is 76.0 Å². The maximum atomic E-state index is 3.89. The molecule has 0 aliphatic heterocycles. The Bertz CT molecular complexity index is 237. The van der Waals surface area contributed by atoms with Crippen molar-refractivity contribution in [2.75, 3.05) is 0 Å². The summed E-state index contributed by atoms with van der Waals surface area (Å²) in [5.74, 6) is 0. The largest absolute Gasteiger partial charge is 0.0955 e. The van der Waals surface area contributed by atoms with Gasteiger partial charge >= 0.3 is 0 Å². The van der Waals surface area contributed by atoms with Gasteiger partial charge in [0.1, 0.15) is 0 Å². The van der Waals surface area contributed by atoms with Gasteiger partial charge < -0.3 is 0 Å². The third-order valence-corrected chi connectivity index (χ3v) is 1.78. The molecule has 0 heterocycles. The van der Waals surface area contributed by atoms with Gasteiger partial charge in [-0.15, -0.1) is 0 Å². The van der Waals surface area contributed by atoms with Crippen LogP contribution in [0.1, 0.15) is 27.7 Å². The second kappa shape index (κ2) is 5.59. The number of hydrogen-bond acceptors (Lipinski definition) is 0. The zero-order valence-corrected chi connectivity index (χ0v) is 8.52. The van der Waals surface area contributed by atoms with E-state index >= 15 is 0 Å². The molecule has 0 unspecified atom stereocenters. The van der Waals surface area contributed by atoms with E-state index in [-0.39, 0.29) is 0 Å². The topological polar surface area (TPSA) is 0 Å². The van der Waals surface area contributed by atoms with Crippen molar-refractivity contribution in [3.63, 3.8) is 0 Å². The second-order valence-corrected chi connectivity index (χ2v) is 2.89. The Hall–Kier alpha value is -1.04. The van der Waals surface area contributed by atoms with Crippen LogP contribution in [0.25, 0.3) is 0 Å². The van der Waals surface area contributed by atoms with Gasteiger partial charge in [-0.1, -0.05) is 42.0 Å². The highest BCUT2D eigenvalue weighted by molar-refractivity contribution is 5.38. The minimum absolute atomic E-state index is 1.11. The van der Waals surface area contributed by atoms with Gasteiger partial charge in [-0.3, -0.25) is 0 Å². The Kier molecular flexibility index (Phi) is 5.11. The molecule has 0 bridgehead atoms. The van der Waals surface area contributed by atoms with E-state index in [9.17, 15) is 0 Å². The first-order valence-corrected chi connectivity index (χ1v) is 4.25. The maximum absolute atomic E-state index is 3.89. The van der Waals surface area contributed by atoms with Gasteiger partial charge in [0.05, 0.1) is 0 Å². The standard InChI is InChI=1S/C12H18/c1-6-11(5)8-9-12(7-2)10(3)4/h6-9H,3H2,1-2,4-5H3/b9-8-,11-6-,12-7+. The lowest BCUT2D eigenvalue weighted by Crippen LogP contribution is -1.77. The molecule has 0 fully saturated rings. The summed E-state index contributed by atoms with van der Waals surface area (Å²) in [6.45, 7) is 12.1. The molecule has 0 aliphatic carbocycles. The minimum Gasteiger partial charge on any atom is -0.0955 e. The van der Waals surface area contributed by atoms with Gasteiger partial charge in [0, 0.05) is 0 Å². The average molecular weight is 162 g/mol. The van der Waals surface area contributed by atoms with Crippen LogP contribution in [0.3, 0.4) is 0 Å². The molecular formula is C12H18. The monoisotopic (exact) mass is 162 g/mol. The minimum atomic E-state index is 1.11. The summed E-state index contributed by atoms with van der Waals surface area (Å²) in [6, 6.07) is 0. The van der Waals surface area contributed by atoms with Crippen LogP contribution in [0.2, 0.25) is 0 Å². The van der Waals surface area contributed by atoms with Gasteiger partial charge in [0.2, 0.25) is 0 Å². The quantitative estimate of drug-likeness (QED) is 0.549. The molecule has 0 aromatic heterocycles. The molecule has 0 heteroatoms. The van der Waals surface area contributed by atoms with E-state index in [1.165, 1.54) is 11.1 Å². The number of hydrogen-bond donors (Lipinski definition) is 0. The molecule has 66 valence electrons. The normalized spacial score (nSPS) is 14.0. The fraction of sp³-hybridized carbons (Fsp3) is 0.333. The van der Waals surface area contributed by atoms with Crippen molar-refractivity contribution in [3.05, 3.63) is 47.6 Å². The van der Waals surface area contributed by atoms with E-state index in [0.717, 1.165) is 5.57 Å². The molecule has 12 heavy (non-hydrogen) atoms. The maximum Gasteiger partial charge on any atom is -0.0276 e. The van der Waals surface area contributed by atoms with Crippen molar-refractivity contribution in [1.29, 1.82) is 0 Å². The number of rotatable bonds is 3. The van der Waals surface area contributed by atoms with Crippen LogP contribution in [0, 0.1) is 0 Å². The van der Waals surface area contributed by atoms with Crippen molar-refractivity contribution in [2.45, 2.75) is 27.7 Å². The first-order valence-electron chi connectivity index (χ1n) is 4.25. The molecule has 0 nitrogen and oxygen atoms in total. The Morgan fingerprint density at radius 1 is 1.00 bits per heavy atom. The Morgan fingerprint density at radius 3 is 1.92 bits per heavy atom. The summed E-state index contributed by atoms with van der Waals surface area (Å²) in [4.78, 5) is 0. The van der Waals surface area contributed by atoms with Crippen molar-refractivity contribution >= 4 is 0 Å². The molecule has 0 aromatic rings. The molecule has 0 saturated carbocycles. The molecule has 0 spiro atoms. The van der Waals surface area contributed by atoms with Crippen LogP contribution in [0.4, 0.5) is 0 Å². The highest BCUT2D eigenvalue weighted by atomic mass is 13.9. The Morgan fingerprint density at radius 2 is 1.58 bits per heavy atom. The molecule has 0 aromatic carbocycles. The lowest BCUT2D eigenvalue weighted by Gasteiger charge is -1.98. The van der Waals surface area contributed by atoms with Crippen molar-refractivity contribution in [1.82, 2.24) is 0 Å². The van der Waals surface area contributed by atoms with Crippen molar-refractivity contribution in [3.8, 4) is 0 Å². The predicted molar refractivity (Wildman–Crippen MR) is 57.1 cm³/mol. The lowest BCUT2D eigenvalue weighted by molar-refractivity contribution is 1.40. The third kappa shape index (κ3) is 3.97. The summed E-state index contributed by atoms with van der Waals surface area (Å²) in [5.41, 5.74) is 3.59. The van der Waals surface area contributed by atoms with Crippen molar-refractivity contribution in [2.24, 2.45) is 0 Å². The van der Waals surface area contributed by atoms with Gasteiger partial charge in [-0.2, -0.15) is 0 Å². The van der Waals surface area contributed by atoms with E-state index in [0.29, 0.717) is 0 Å². The summed E-state index contributed by atoms with van der Waals surface area (Å²) < 4.78 is 0. The van der Waals surface area contributed by atoms with Gasteiger partial charge in [-0.25, -0.2) is 0 Å². The molecule has 0 rings (SSSR count). The zero-order chi connectivity index (χ0) is 9.56. The van der Waals surface area contributed by atoms with Crippen LogP contribution in [0.15, 0.2) is 47.6 Å². The molecule has 0 N–H and O–H groups in total. The highest BCUT2D eigenvalue weighted by Crippen LogP contribution is 2.09. The van der Waals surface area contributed by atoms with E-state index in [1.54, 1.807) is 0 Å². The van der Waals surface area contributed by atoms with Crippen LogP contribution in [0.5, 0.6) is 0 Å². The van der Waals surface area contributed by atoms with Crippen molar-refractivity contribution < 1.29 is 0 Å². The van der Waals surface area contributed by atoms with Crippen LogP contribution < -0.4 is 0 Å². The molecule has 0 aliphatic rings. The zero-order valence-electron chi connectivity index (χ0n) is 8.52. The highest BCUT2D eigenvalue weighted by Gasteiger charge is 1.89. The molecule has 0 saturated heterocycles. The SMILES string of the molecule is C=C(C)C(/C=C\C(C)=C/C)=C/C. The number of allylic oxidation sites excluding steroid dienone is 7. The van der Waals surface area contributed by atoms with Gasteiger partial charge in [0.25, 0.3) is 0 Å². The van der Waals surface area contributed by atoms with E-state index in [1.807, 2.05) is 20.8 Å². The third-order valence-electron chi connectivity index (χ3n) is 1.78. The van der Waals surface area contributed by atoms with Crippen LogP contribution in [-0.2, 0) is 0 Å². The second-order valence-electron chi connectivity index (χ2n) is 2.89. The van der Waals surface area contributed by atoms with E-state index in [4.69, 9.17) is 0 Å². The van der Waals surface area contributed by atoms with E-state index < -0.39 is 0 Å². The lowest BCUT2D eigenvalue weighted by atomic mass is 10.1. The first-order chi connectivity index (χ1) is 5.61.